The highest BCUT2D eigenvalue weighted by molar-refractivity contribution is 7.16. The second-order valence-electron chi connectivity index (χ2n) is 5.02. The van der Waals surface area contributed by atoms with Crippen LogP contribution in [-0.4, -0.2) is 10.1 Å². The van der Waals surface area contributed by atoms with Crippen LogP contribution >= 0.6 is 11.3 Å². The third-order valence-corrected chi connectivity index (χ3v) is 4.45. The molecule has 0 spiro atoms. The van der Waals surface area contributed by atoms with Crippen LogP contribution in [0.4, 0.5) is 0 Å². The summed E-state index contributed by atoms with van der Waals surface area (Å²) < 4.78 is 2.09. The molecule has 0 radical (unpaired) electrons. The first-order valence-corrected chi connectivity index (χ1v) is 7.28. The van der Waals surface area contributed by atoms with E-state index in [0.717, 1.165) is 36.6 Å². The Balaban J connectivity index is 2.10. The minimum Gasteiger partial charge on any atom is -0.0875 e. The summed E-state index contributed by atoms with van der Waals surface area (Å²) >= 11 is 1.74. The molecular formula is C13H18N3S+. The molecule has 0 unspecified atom stereocenters. The first kappa shape index (κ1) is 11.1. The standard InChI is InChI=1S/C13H18N3S/c1-3-4-12-15-16-11-6-5-9(2)7-10(11)8-14-13(16)17-12/h8-9H,3-7H2,1-2H3/q+1/t9-/m0/s1. The van der Waals surface area contributed by atoms with E-state index in [1.807, 2.05) is 0 Å². The van der Waals surface area contributed by atoms with Crippen LogP contribution in [0.25, 0.3) is 4.96 Å². The van der Waals surface area contributed by atoms with Gasteiger partial charge in [0.1, 0.15) is 16.9 Å². The van der Waals surface area contributed by atoms with Crippen LogP contribution in [0.3, 0.4) is 0 Å². The summed E-state index contributed by atoms with van der Waals surface area (Å²) in [7, 11) is 0. The zero-order valence-electron chi connectivity index (χ0n) is 10.4. The maximum atomic E-state index is 4.71. The first-order chi connectivity index (χ1) is 8.28. The van der Waals surface area contributed by atoms with Crippen LogP contribution in [0.2, 0.25) is 0 Å². The molecule has 0 aliphatic heterocycles. The Hall–Kier alpha value is -1.03. The molecule has 3 rings (SSSR count). The lowest BCUT2D eigenvalue weighted by Crippen LogP contribution is -2.34. The van der Waals surface area contributed by atoms with Crippen molar-refractivity contribution in [2.24, 2.45) is 5.92 Å². The summed E-state index contributed by atoms with van der Waals surface area (Å²) in [5.74, 6) is 0.788. The predicted octanol–water partition coefficient (Wildman–Crippen LogP) is 2.35. The maximum absolute atomic E-state index is 4.71. The van der Waals surface area contributed by atoms with Gasteiger partial charge in [-0.1, -0.05) is 23.5 Å². The van der Waals surface area contributed by atoms with Gasteiger partial charge in [0.2, 0.25) is 0 Å². The lowest BCUT2D eigenvalue weighted by atomic mass is 9.89. The molecule has 3 nitrogen and oxygen atoms in total. The Bertz CT molecular complexity index is 547. The fourth-order valence-corrected chi connectivity index (χ4v) is 3.52. The fourth-order valence-electron chi connectivity index (χ4n) is 2.54. The summed E-state index contributed by atoms with van der Waals surface area (Å²) in [6.45, 7) is 4.52. The van der Waals surface area contributed by atoms with Gasteiger partial charge in [0, 0.05) is 18.4 Å². The second kappa shape index (κ2) is 4.33. The summed E-state index contributed by atoms with van der Waals surface area (Å²) in [5, 5.41) is 5.93. The Kier molecular flexibility index (Phi) is 2.82. The number of fused-ring (bicyclic) bond motifs is 3. The normalized spacial score (nSPS) is 19.5. The van der Waals surface area contributed by atoms with Crippen LogP contribution in [0.1, 0.15) is 43.0 Å². The first-order valence-electron chi connectivity index (χ1n) is 6.46. The maximum Gasteiger partial charge on any atom is 0.409 e. The zero-order valence-corrected chi connectivity index (χ0v) is 11.3. The van der Waals surface area contributed by atoms with Gasteiger partial charge in [-0.05, 0) is 41.5 Å². The van der Waals surface area contributed by atoms with Gasteiger partial charge in [-0.3, -0.25) is 0 Å². The van der Waals surface area contributed by atoms with Gasteiger partial charge < -0.3 is 0 Å². The topological polar surface area (TPSA) is 29.9 Å². The molecule has 1 atom stereocenters. The van der Waals surface area contributed by atoms with Gasteiger partial charge in [-0.2, -0.15) is 0 Å². The molecule has 0 aromatic carbocycles. The van der Waals surface area contributed by atoms with Crippen molar-refractivity contribution < 1.29 is 4.52 Å². The van der Waals surface area contributed by atoms with Gasteiger partial charge in [0.25, 0.3) is 0 Å². The Morgan fingerprint density at radius 3 is 3.24 bits per heavy atom. The molecule has 1 aliphatic rings. The van der Waals surface area contributed by atoms with Crippen molar-refractivity contribution in [1.82, 2.24) is 10.1 Å². The largest absolute Gasteiger partial charge is 0.409 e. The molecule has 0 saturated carbocycles. The average molecular weight is 248 g/mol. The van der Waals surface area contributed by atoms with Crippen molar-refractivity contribution in [3.8, 4) is 0 Å². The highest BCUT2D eigenvalue weighted by Crippen LogP contribution is 2.23. The van der Waals surface area contributed by atoms with Crippen molar-refractivity contribution in [1.29, 1.82) is 0 Å². The molecule has 2 aromatic heterocycles. The van der Waals surface area contributed by atoms with Crippen LogP contribution < -0.4 is 4.52 Å². The molecule has 0 amide bonds. The van der Waals surface area contributed by atoms with E-state index in [2.05, 4.69) is 29.5 Å². The second-order valence-corrected chi connectivity index (χ2v) is 6.06. The molecule has 4 heteroatoms. The minimum atomic E-state index is 0.788. The predicted molar refractivity (Wildman–Crippen MR) is 68.3 cm³/mol. The van der Waals surface area contributed by atoms with E-state index in [0.29, 0.717) is 0 Å². The molecule has 0 bridgehead atoms. The number of hydrogen-bond acceptors (Lipinski definition) is 3. The number of aryl methyl sites for hydroxylation is 2. The zero-order chi connectivity index (χ0) is 11.8. The summed E-state index contributed by atoms with van der Waals surface area (Å²) in [6, 6.07) is 0. The van der Waals surface area contributed by atoms with Crippen LogP contribution in [0.5, 0.6) is 0 Å². The van der Waals surface area contributed by atoms with E-state index in [1.54, 1.807) is 11.3 Å². The molecule has 0 fully saturated rings. The summed E-state index contributed by atoms with van der Waals surface area (Å²) in [4.78, 5) is 5.61. The molecular weight excluding hydrogens is 230 g/mol. The lowest BCUT2D eigenvalue weighted by molar-refractivity contribution is -0.588. The number of nitrogens with zero attached hydrogens (tertiary/aromatic N) is 3. The van der Waals surface area contributed by atoms with Crippen molar-refractivity contribution in [2.75, 3.05) is 0 Å². The van der Waals surface area contributed by atoms with Gasteiger partial charge in [-0.25, -0.2) is 0 Å². The van der Waals surface area contributed by atoms with Crippen molar-refractivity contribution in [3.05, 3.63) is 22.5 Å². The summed E-state index contributed by atoms with van der Waals surface area (Å²) in [6.07, 6.45) is 7.87. The van der Waals surface area contributed by atoms with E-state index in [-0.39, 0.29) is 0 Å². The number of aromatic nitrogens is 3. The third-order valence-electron chi connectivity index (χ3n) is 3.47. The van der Waals surface area contributed by atoms with Crippen LogP contribution in [0, 0.1) is 5.92 Å². The van der Waals surface area contributed by atoms with Gasteiger partial charge in [0.15, 0.2) is 0 Å². The molecule has 2 aromatic rings. The Morgan fingerprint density at radius 2 is 2.41 bits per heavy atom. The van der Waals surface area contributed by atoms with Gasteiger partial charge in [-0.15, -0.1) is 0 Å². The smallest absolute Gasteiger partial charge is 0.0875 e. The van der Waals surface area contributed by atoms with Crippen LogP contribution in [0.15, 0.2) is 6.20 Å². The number of rotatable bonds is 2. The van der Waals surface area contributed by atoms with E-state index < -0.39 is 0 Å². The molecule has 0 N–H and O–H groups in total. The lowest BCUT2D eigenvalue weighted by Gasteiger charge is -2.16. The molecule has 0 saturated heterocycles. The number of hydrogen-bond donors (Lipinski definition) is 0. The van der Waals surface area contributed by atoms with Gasteiger partial charge in [0.05, 0.1) is 0 Å². The Morgan fingerprint density at radius 1 is 1.53 bits per heavy atom. The van der Waals surface area contributed by atoms with E-state index in [4.69, 9.17) is 5.10 Å². The van der Waals surface area contributed by atoms with Gasteiger partial charge >= 0.3 is 4.96 Å². The van der Waals surface area contributed by atoms with Crippen LogP contribution in [-0.2, 0) is 19.3 Å². The Labute approximate surface area is 106 Å². The highest BCUT2D eigenvalue weighted by Gasteiger charge is 2.25. The fraction of sp³-hybridized carbons (Fsp3) is 0.615. The highest BCUT2D eigenvalue weighted by atomic mass is 32.1. The van der Waals surface area contributed by atoms with Crippen molar-refractivity contribution >= 4 is 16.3 Å². The molecule has 90 valence electrons. The monoisotopic (exact) mass is 248 g/mol. The van der Waals surface area contributed by atoms with E-state index >= 15 is 0 Å². The quantitative estimate of drug-likeness (QED) is 0.764. The SMILES string of the molecule is CCCc1n[n+]2c3c(cnc2s1)C[C@@H](C)CC3. The third kappa shape index (κ3) is 1.95. The molecule has 1 aliphatic carbocycles. The summed E-state index contributed by atoms with van der Waals surface area (Å²) in [5.41, 5.74) is 2.79. The van der Waals surface area contributed by atoms with E-state index in [1.165, 1.54) is 22.7 Å². The average Bonchev–Trinajstić information content (AvgIpc) is 2.72. The van der Waals surface area contributed by atoms with Crippen molar-refractivity contribution in [3.63, 3.8) is 0 Å². The van der Waals surface area contributed by atoms with Crippen molar-refractivity contribution in [2.45, 2.75) is 46.0 Å². The minimum absolute atomic E-state index is 0.788. The van der Waals surface area contributed by atoms with E-state index in [9.17, 15) is 0 Å². The molecule has 2 heterocycles. The molecule has 17 heavy (non-hydrogen) atoms.